The predicted octanol–water partition coefficient (Wildman–Crippen LogP) is 3.53. The largest absolute Gasteiger partial charge is 0.494 e. The molecule has 2 N–H and O–H groups in total. The van der Waals surface area contributed by atoms with Gasteiger partial charge in [0.05, 0.1) is 13.0 Å². The van der Waals surface area contributed by atoms with E-state index in [9.17, 15) is 4.79 Å². The molecule has 0 heterocycles. The molecule has 4 nitrogen and oxygen atoms in total. The number of hydrogen-bond acceptors (Lipinski definition) is 3. The lowest BCUT2D eigenvalue weighted by Gasteiger charge is -2.08. The van der Waals surface area contributed by atoms with E-state index in [1.807, 2.05) is 24.3 Å². The van der Waals surface area contributed by atoms with Gasteiger partial charge in [-0.2, -0.15) is 0 Å². The molecule has 0 spiro atoms. The average molecular weight is 265 g/mol. The molecular formula is C15H23NO3. The molecule has 1 aromatic rings. The summed E-state index contributed by atoms with van der Waals surface area (Å²) in [6.07, 6.45) is 4.92. The Morgan fingerprint density at radius 3 is 2.58 bits per heavy atom. The molecule has 19 heavy (non-hydrogen) atoms. The SMILES string of the molecule is CCCCCCOc1ccc(NCCC(=O)O)cc1. The van der Waals surface area contributed by atoms with Gasteiger partial charge in [-0.3, -0.25) is 4.79 Å². The number of carboxylic acid groups (broad SMARTS) is 1. The molecule has 0 saturated carbocycles. The molecule has 0 aromatic heterocycles. The average Bonchev–Trinajstić information content (AvgIpc) is 2.40. The molecule has 0 bridgehead atoms. The first-order valence-electron chi connectivity index (χ1n) is 6.91. The first kappa shape index (κ1) is 15.3. The summed E-state index contributed by atoms with van der Waals surface area (Å²) in [6.45, 7) is 3.38. The number of carboxylic acids is 1. The molecule has 0 atom stereocenters. The Morgan fingerprint density at radius 1 is 1.21 bits per heavy atom. The molecule has 4 heteroatoms. The highest BCUT2D eigenvalue weighted by Crippen LogP contribution is 2.16. The van der Waals surface area contributed by atoms with E-state index in [1.54, 1.807) is 0 Å². The van der Waals surface area contributed by atoms with Gasteiger partial charge in [0.2, 0.25) is 0 Å². The highest BCUT2D eigenvalue weighted by molar-refractivity contribution is 5.67. The van der Waals surface area contributed by atoms with Crippen LogP contribution in [0.1, 0.15) is 39.0 Å². The van der Waals surface area contributed by atoms with Crippen molar-refractivity contribution in [3.63, 3.8) is 0 Å². The van der Waals surface area contributed by atoms with Crippen LogP contribution in [-0.2, 0) is 4.79 Å². The van der Waals surface area contributed by atoms with Gasteiger partial charge in [0.1, 0.15) is 5.75 Å². The molecule has 0 amide bonds. The fourth-order valence-corrected chi connectivity index (χ4v) is 1.70. The Morgan fingerprint density at radius 2 is 1.95 bits per heavy atom. The number of carbonyl (C=O) groups is 1. The monoisotopic (exact) mass is 265 g/mol. The van der Waals surface area contributed by atoms with E-state index in [2.05, 4.69) is 12.2 Å². The second kappa shape index (κ2) is 9.25. The zero-order valence-corrected chi connectivity index (χ0v) is 11.5. The fourth-order valence-electron chi connectivity index (χ4n) is 1.70. The Labute approximate surface area is 114 Å². The maximum Gasteiger partial charge on any atom is 0.305 e. The molecule has 0 aliphatic carbocycles. The van der Waals surface area contributed by atoms with Gasteiger partial charge in [-0.1, -0.05) is 26.2 Å². The number of anilines is 1. The Hall–Kier alpha value is -1.71. The van der Waals surface area contributed by atoms with Crippen LogP contribution in [0.4, 0.5) is 5.69 Å². The number of benzene rings is 1. The van der Waals surface area contributed by atoms with Crippen LogP contribution < -0.4 is 10.1 Å². The maximum absolute atomic E-state index is 10.4. The number of unbranched alkanes of at least 4 members (excludes halogenated alkanes) is 3. The molecular weight excluding hydrogens is 242 g/mol. The zero-order chi connectivity index (χ0) is 13.9. The molecule has 0 saturated heterocycles. The summed E-state index contributed by atoms with van der Waals surface area (Å²) < 4.78 is 5.63. The van der Waals surface area contributed by atoms with Crippen molar-refractivity contribution < 1.29 is 14.6 Å². The lowest BCUT2D eigenvalue weighted by Crippen LogP contribution is -2.07. The predicted molar refractivity (Wildman–Crippen MR) is 76.8 cm³/mol. The highest BCUT2D eigenvalue weighted by atomic mass is 16.5. The normalized spacial score (nSPS) is 10.2. The van der Waals surface area contributed by atoms with Gasteiger partial charge in [-0.25, -0.2) is 0 Å². The van der Waals surface area contributed by atoms with Crippen LogP contribution in [0.5, 0.6) is 5.75 Å². The molecule has 1 rings (SSSR count). The van der Waals surface area contributed by atoms with Crippen LogP contribution in [0.15, 0.2) is 24.3 Å². The standard InChI is InChI=1S/C15H23NO3/c1-2-3-4-5-12-19-14-8-6-13(7-9-14)16-11-10-15(17)18/h6-9,16H,2-5,10-12H2,1H3,(H,17,18). The van der Waals surface area contributed by atoms with Gasteiger partial charge in [-0.15, -0.1) is 0 Å². The summed E-state index contributed by atoms with van der Waals surface area (Å²) in [6, 6.07) is 7.62. The van der Waals surface area contributed by atoms with Gasteiger partial charge in [-0.05, 0) is 30.7 Å². The molecule has 1 aromatic carbocycles. The van der Waals surface area contributed by atoms with Crippen molar-refractivity contribution in [2.75, 3.05) is 18.5 Å². The second-order valence-corrected chi connectivity index (χ2v) is 4.50. The van der Waals surface area contributed by atoms with Crippen LogP contribution in [0.2, 0.25) is 0 Å². The second-order valence-electron chi connectivity index (χ2n) is 4.50. The first-order chi connectivity index (χ1) is 9.22. The van der Waals surface area contributed by atoms with Crippen molar-refractivity contribution in [1.82, 2.24) is 0 Å². The summed E-state index contributed by atoms with van der Waals surface area (Å²) in [4.78, 5) is 10.4. The summed E-state index contributed by atoms with van der Waals surface area (Å²) in [7, 11) is 0. The van der Waals surface area contributed by atoms with E-state index in [0.717, 1.165) is 24.5 Å². The number of nitrogens with one attached hydrogen (secondary N) is 1. The topological polar surface area (TPSA) is 58.6 Å². The smallest absolute Gasteiger partial charge is 0.305 e. The van der Waals surface area contributed by atoms with E-state index in [4.69, 9.17) is 9.84 Å². The molecule has 0 aliphatic rings. The van der Waals surface area contributed by atoms with E-state index < -0.39 is 5.97 Å². The van der Waals surface area contributed by atoms with Gasteiger partial charge in [0.25, 0.3) is 0 Å². The van der Waals surface area contributed by atoms with E-state index in [1.165, 1.54) is 19.3 Å². The van der Waals surface area contributed by atoms with Crippen molar-refractivity contribution in [3.8, 4) is 5.75 Å². The van der Waals surface area contributed by atoms with Gasteiger partial charge < -0.3 is 15.2 Å². The number of ether oxygens (including phenoxy) is 1. The number of aliphatic carboxylic acids is 1. The Bertz CT molecular complexity index is 362. The molecule has 0 fully saturated rings. The number of hydrogen-bond donors (Lipinski definition) is 2. The van der Waals surface area contributed by atoms with E-state index in [0.29, 0.717) is 6.54 Å². The van der Waals surface area contributed by atoms with E-state index >= 15 is 0 Å². The van der Waals surface area contributed by atoms with Crippen LogP contribution in [0.3, 0.4) is 0 Å². The van der Waals surface area contributed by atoms with E-state index in [-0.39, 0.29) is 6.42 Å². The minimum atomic E-state index is -0.792. The quantitative estimate of drug-likeness (QED) is 0.635. The minimum Gasteiger partial charge on any atom is -0.494 e. The first-order valence-corrected chi connectivity index (χ1v) is 6.91. The van der Waals surface area contributed by atoms with Crippen molar-refractivity contribution in [1.29, 1.82) is 0 Å². The van der Waals surface area contributed by atoms with Crippen LogP contribution in [-0.4, -0.2) is 24.2 Å². The van der Waals surface area contributed by atoms with Crippen molar-refractivity contribution in [3.05, 3.63) is 24.3 Å². The summed E-state index contributed by atoms with van der Waals surface area (Å²) in [5, 5.41) is 11.6. The third-order valence-electron chi connectivity index (χ3n) is 2.79. The highest BCUT2D eigenvalue weighted by Gasteiger charge is 1.98. The lowest BCUT2D eigenvalue weighted by molar-refractivity contribution is -0.136. The summed E-state index contributed by atoms with van der Waals surface area (Å²) in [5.41, 5.74) is 0.916. The summed E-state index contributed by atoms with van der Waals surface area (Å²) >= 11 is 0. The van der Waals surface area contributed by atoms with Crippen molar-refractivity contribution >= 4 is 11.7 Å². The maximum atomic E-state index is 10.4. The molecule has 106 valence electrons. The third kappa shape index (κ3) is 7.34. The van der Waals surface area contributed by atoms with Gasteiger partial charge in [0.15, 0.2) is 0 Å². The van der Waals surface area contributed by atoms with Gasteiger partial charge in [0, 0.05) is 12.2 Å². The van der Waals surface area contributed by atoms with Crippen molar-refractivity contribution in [2.45, 2.75) is 39.0 Å². The van der Waals surface area contributed by atoms with Crippen LogP contribution >= 0.6 is 0 Å². The van der Waals surface area contributed by atoms with Crippen LogP contribution in [0, 0.1) is 0 Å². The fraction of sp³-hybridized carbons (Fsp3) is 0.533. The Kier molecular flexibility index (Phi) is 7.47. The molecule has 0 unspecified atom stereocenters. The molecule has 0 radical (unpaired) electrons. The zero-order valence-electron chi connectivity index (χ0n) is 11.5. The molecule has 0 aliphatic heterocycles. The Balaban J connectivity index is 2.21. The lowest BCUT2D eigenvalue weighted by atomic mass is 10.2. The third-order valence-corrected chi connectivity index (χ3v) is 2.79. The van der Waals surface area contributed by atoms with Crippen LogP contribution in [0.25, 0.3) is 0 Å². The minimum absolute atomic E-state index is 0.121. The number of rotatable bonds is 10. The van der Waals surface area contributed by atoms with Gasteiger partial charge >= 0.3 is 5.97 Å². The van der Waals surface area contributed by atoms with Crippen molar-refractivity contribution in [2.24, 2.45) is 0 Å². The summed E-state index contributed by atoms with van der Waals surface area (Å²) in [5.74, 6) is 0.0693.